The third-order valence-electron chi connectivity index (χ3n) is 2.42. The molecule has 0 bridgehead atoms. The van der Waals surface area contributed by atoms with Crippen molar-refractivity contribution >= 4 is 23.5 Å². The van der Waals surface area contributed by atoms with E-state index in [1.165, 1.54) is 30.2 Å². The smallest absolute Gasteiger partial charge is 0.307 e. The first-order valence-corrected chi connectivity index (χ1v) is 5.64. The zero-order valence-corrected chi connectivity index (χ0v) is 10.9. The van der Waals surface area contributed by atoms with Crippen molar-refractivity contribution in [3.8, 4) is 5.75 Å². The molecule has 0 unspecified atom stereocenters. The summed E-state index contributed by atoms with van der Waals surface area (Å²) >= 11 is 5.72. The van der Waals surface area contributed by atoms with Crippen LogP contribution in [0.4, 0.5) is 0 Å². The van der Waals surface area contributed by atoms with Crippen LogP contribution in [-0.2, 0) is 9.53 Å². The summed E-state index contributed by atoms with van der Waals surface area (Å²) in [6, 6.07) is 4.20. The number of ether oxygens (including phenoxy) is 1. The summed E-state index contributed by atoms with van der Waals surface area (Å²) in [5.41, 5.74) is 0.352. The van der Waals surface area contributed by atoms with Gasteiger partial charge < -0.3 is 14.7 Å². The minimum absolute atomic E-state index is 0.0783. The van der Waals surface area contributed by atoms with Crippen molar-refractivity contribution < 1.29 is 19.4 Å². The Hall–Kier alpha value is -1.75. The molecule has 0 aliphatic heterocycles. The number of halogens is 1. The number of esters is 1. The predicted molar refractivity (Wildman–Crippen MR) is 66.7 cm³/mol. The summed E-state index contributed by atoms with van der Waals surface area (Å²) in [5, 5.41) is 9.37. The summed E-state index contributed by atoms with van der Waals surface area (Å²) in [7, 11) is 2.87. The van der Waals surface area contributed by atoms with Gasteiger partial charge in [-0.3, -0.25) is 9.59 Å². The van der Waals surface area contributed by atoms with Gasteiger partial charge in [0.05, 0.1) is 18.6 Å². The number of aromatic hydroxyl groups is 1. The van der Waals surface area contributed by atoms with Crippen LogP contribution >= 0.6 is 11.6 Å². The number of benzene rings is 1. The number of carbonyl (C=O) groups is 2. The van der Waals surface area contributed by atoms with Crippen LogP contribution in [0.5, 0.6) is 5.75 Å². The standard InChI is InChI=1S/C12H14ClNO4/c1-14(6-5-11(16)18-2)12(17)8-3-4-10(15)9(13)7-8/h3-4,7,15H,5-6H2,1-2H3. The molecule has 1 rings (SSSR count). The van der Waals surface area contributed by atoms with Crippen LogP contribution in [0.15, 0.2) is 18.2 Å². The van der Waals surface area contributed by atoms with Gasteiger partial charge in [0, 0.05) is 19.2 Å². The molecule has 6 heteroatoms. The first-order chi connectivity index (χ1) is 8.45. The molecule has 1 N–H and O–H groups in total. The molecule has 0 heterocycles. The number of hydrogen-bond acceptors (Lipinski definition) is 4. The Bertz CT molecular complexity index is 461. The van der Waals surface area contributed by atoms with Crippen LogP contribution in [0.1, 0.15) is 16.8 Å². The Morgan fingerprint density at radius 1 is 1.44 bits per heavy atom. The van der Waals surface area contributed by atoms with Crippen molar-refractivity contribution in [2.75, 3.05) is 20.7 Å². The number of hydrogen-bond donors (Lipinski definition) is 1. The van der Waals surface area contributed by atoms with E-state index in [0.29, 0.717) is 5.56 Å². The number of nitrogens with zero attached hydrogens (tertiary/aromatic N) is 1. The average molecular weight is 272 g/mol. The first-order valence-electron chi connectivity index (χ1n) is 5.26. The van der Waals surface area contributed by atoms with Gasteiger partial charge in [-0.15, -0.1) is 0 Å². The molecular formula is C12H14ClNO4. The number of rotatable bonds is 4. The molecule has 98 valence electrons. The van der Waals surface area contributed by atoms with E-state index in [9.17, 15) is 14.7 Å². The number of phenols is 1. The SMILES string of the molecule is COC(=O)CCN(C)C(=O)c1ccc(O)c(Cl)c1. The van der Waals surface area contributed by atoms with E-state index in [0.717, 1.165) is 0 Å². The topological polar surface area (TPSA) is 66.8 Å². The van der Waals surface area contributed by atoms with Gasteiger partial charge in [-0.2, -0.15) is 0 Å². The second-order valence-corrected chi connectivity index (χ2v) is 4.13. The van der Waals surface area contributed by atoms with Gasteiger partial charge >= 0.3 is 5.97 Å². The third kappa shape index (κ3) is 3.63. The van der Waals surface area contributed by atoms with E-state index in [-0.39, 0.29) is 35.6 Å². The van der Waals surface area contributed by atoms with E-state index >= 15 is 0 Å². The summed E-state index contributed by atoms with van der Waals surface area (Å²) in [5.74, 6) is -0.732. The Morgan fingerprint density at radius 2 is 2.11 bits per heavy atom. The predicted octanol–water partition coefficient (Wildman–Crippen LogP) is 1.68. The largest absolute Gasteiger partial charge is 0.506 e. The second kappa shape index (κ2) is 6.26. The zero-order valence-electron chi connectivity index (χ0n) is 10.1. The molecule has 0 atom stereocenters. The molecule has 0 saturated carbocycles. The maximum atomic E-state index is 11.9. The van der Waals surface area contributed by atoms with Gasteiger partial charge in [0.15, 0.2) is 0 Å². The maximum absolute atomic E-state index is 11.9. The molecule has 5 nitrogen and oxygen atoms in total. The van der Waals surface area contributed by atoms with Crippen molar-refractivity contribution in [1.82, 2.24) is 4.90 Å². The van der Waals surface area contributed by atoms with Gasteiger partial charge in [0.2, 0.25) is 0 Å². The Kier molecular flexibility index (Phi) is 4.97. The molecule has 0 radical (unpaired) electrons. The van der Waals surface area contributed by atoms with Crippen LogP contribution in [-0.4, -0.2) is 42.6 Å². The Balaban J connectivity index is 2.68. The molecule has 0 saturated heterocycles. The van der Waals surface area contributed by atoms with Gasteiger partial charge in [-0.05, 0) is 18.2 Å². The highest BCUT2D eigenvalue weighted by Gasteiger charge is 2.14. The van der Waals surface area contributed by atoms with Crippen LogP contribution < -0.4 is 0 Å². The molecule has 1 amide bonds. The molecule has 0 aromatic heterocycles. The molecule has 18 heavy (non-hydrogen) atoms. The lowest BCUT2D eigenvalue weighted by Gasteiger charge is -2.16. The zero-order chi connectivity index (χ0) is 13.7. The normalized spacial score (nSPS) is 9.94. The van der Waals surface area contributed by atoms with Gasteiger partial charge in [0.25, 0.3) is 5.91 Å². The highest BCUT2D eigenvalue weighted by molar-refractivity contribution is 6.32. The minimum atomic E-state index is -0.376. The molecule has 0 aliphatic carbocycles. The number of methoxy groups -OCH3 is 1. The van der Waals surface area contributed by atoms with Crippen LogP contribution in [0.2, 0.25) is 5.02 Å². The molecule has 0 aliphatic rings. The fraction of sp³-hybridized carbons (Fsp3) is 0.333. The number of carbonyl (C=O) groups excluding carboxylic acids is 2. The summed E-state index contributed by atoms with van der Waals surface area (Å²) in [6.45, 7) is 0.254. The highest BCUT2D eigenvalue weighted by Crippen LogP contribution is 2.24. The molecule has 0 fully saturated rings. The highest BCUT2D eigenvalue weighted by atomic mass is 35.5. The van der Waals surface area contributed by atoms with Crippen molar-refractivity contribution in [2.24, 2.45) is 0 Å². The van der Waals surface area contributed by atoms with E-state index in [4.69, 9.17) is 11.6 Å². The maximum Gasteiger partial charge on any atom is 0.307 e. The second-order valence-electron chi connectivity index (χ2n) is 3.72. The van der Waals surface area contributed by atoms with Crippen molar-refractivity contribution in [1.29, 1.82) is 0 Å². The third-order valence-corrected chi connectivity index (χ3v) is 2.72. The summed E-state index contributed by atoms with van der Waals surface area (Å²) in [6.07, 6.45) is 0.130. The Morgan fingerprint density at radius 3 is 2.67 bits per heavy atom. The average Bonchev–Trinajstić information content (AvgIpc) is 2.37. The van der Waals surface area contributed by atoms with E-state index < -0.39 is 0 Å². The van der Waals surface area contributed by atoms with Crippen LogP contribution in [0, 0.1) is 0 Å². The summed E-state index contributed by atoms with van der Waals surface area (Å²) < 4.78 is 4.49. The fourth-order valence-corrected chi connectivity index (χ4v) is 1.50. The number of amides is 1. The molecular weight excluding hydrogens is 258 g/mol. The Labute approximate surface area is 110 Å². The van der Waals surface area contributed by atoms with Crippen molar-refractivity contribution in [3.05, 3.63) is 28.8 Å². The lowest BCUT2D eigenvalue weighted by molar-refractivity contribution is -0.140. The first kappa shape index (κ1) is 14.3. The lowest BCUT2D eigenvalue weighted by atomic mass is 10.2. The van der Waals surface area contributed by atoms with E-state index in [1.54, 1.807) is 7.05 Å². The fourth-order valence-electron chi connectivity index (χ4n) is 1.32. The molecule has 0 spiro atoms. The monoisotopic (exact) mass is 271 g/mol. The minimum Gasteiger partial charge on any atom is -0.506 e. The molecule has 1 aromatic carbocycles. The van der Waals surface area contributed by atoms with E-state index in [2.05, 4.69) is 4.74 Å². The molecule has 1 aromatic rings. The van der Waals surface area contributed by atoms with Gasteiger partial charge in [0.1, 0.15) is 5.75 Å². The van der Waals surface area contributed by atoms with Crippen molar-refractivity contribution in [2.45, 2.75) is 6.42 Å². The van der Waals surface area contributed by atoms with Gasteiger partial charge in [-0.25, -0.2) is 0 Å². The van der Waals surface area contributed by atoms with Gasteiger partial charge in [-0.1, -0.05) is 11.6 Å². The summed E-state index contributed by atoms with van der Waals surface area (Å²) in [4.78, 5) is 24.3. The van der Waals surface area contributed by atoms with Crippen molar-refractivity contribution in [3.63, 3.8) is 0 Å². The lowest BCUT2D eigenvalue weighted by Crippen LogP contribution is -2.29. The van der Waals surface area contributed by atoms with Crippen LogP contribution in [0.3, 0.4) is 0 Å². The number of phenolic OH excluding ortho intramolecular Hbond substituents is 1. The van der Waals surface area contributed by atoms with Crippen LogP contribution in [0.25, 0.3) is 0 Å². The quantitative estimate of drug-likeness (QED) is 0.846. The van der Waals surface area contributed by atoms with E-state index in [1.807, 2.05) is 0 Å².